The topological polar surface area (TPSA) is 81.8 Å². The second-order valence-corrected chi connectivity index (χ2v) is 5.95. The molecule has 1 amide bonds. The maximum absolute atomic E-state index is 12.6. The molecule has 22 heavy (non-hydrogen) atoms. The Bertz CT molecular complexity index is 747. The molecule has 1 fully saturated rings. The number of piperidine rings is 1. The Labute approximate surface area is 128 Å². The molecule has 1 saturated heterocycles. The smallest absolute Gasteiger partial charge is 0.260 e. The van der Waals surface area contributed by atoms with Crippen LogP contribution < -0.4 is 5.56 Å². The summed E-state index contributed by atoms with van der Waals surface area (Å²) in [6.45, 7) is 5.06. The summed E-state index contributed by atoms with van der Waals surface area (Å²) in [7, 11) is 0. The third-order valence-corrected chi connectivity index (χ3v) is 4.14. The van der Waals surface area contributed by atoms with Crippen molar-refractivity contribution in [2.45, 2.75) is 32.6 Å². The van der Waals surface area contributed by atoms with E-state index in [0.717, 1.165) is 29.9 Å². The predicted octanol–water partition coefficient (Wildman–Crippen LogP) is 1.73. The summed E-state index contributed by atoms with van der Waals surface area (Å²) in [4.78, 5) is 29.0. The van der Waals surface area contributed by atoms with Gasteiger partial charge in [0.05, 0.1) is 5.69 Å². The molecule has 3 rings (SSSR count). The van der Waals surface area contributed by atoms with Crippen molar-refractivity contribution in [3.05, 3.63) is 51.2 Å². The van der Waals surface area contributed by atoms with Crippen molar-refractivity contribution < 1.29 is 4.79 Å². The van der Waals surface area contributed by atoms with Gasteiger partial charge in [-0.05, 0) is 44.9 Å². The Morgan fingerprint density at radius 2 is 2.14 bits per heavy atom. The Balaban J connectivity index is 1.79. The lowest BCUT2D eigenvalue weighted by atomic mass is 9.94. The molecular formula is C16H20N4O2. The number of pyridine rings is 1. The van der Waals surface area contributed by atoms with Gasteiger partial charge in [0.1, 0.15) is 5.56 Å². The van der Waals surface area contributed by atoms with E-state index in [1.165, 1.54) is 0 Å². The van der Waals surface area contributed by atoms with Crippen LogP contribution in [0.4, 0.5) is 0 Å². The number of hydrogen-bond donors (Lipinski definition) is 2. The van der Waals surface area contributed by atoms with Crippen LogP contribution in [0.5, 0.6) is 0 Å². The van der Waals surface area contributed by atoms with Crippen molar-refractivity contribution in [3.8, 4) is 0 Å². The van der Waals surface area contributed by atoms with Gasteiger partial charge in [0.15, 0.2) is 0 Å². The van der Waals surface area contributed by atoms with Crippen LogP contribution in [0.25, 0.3) is 0 Å². The van der Waals surface area contributed by atoms with E-state index in [0.29, 0.717) is 13.1 Å². The first-order valence-electron chi connectivity index (χ1n) is 7.55. The van der Waals surface area contributed by atoms with E-state index in [1.807, 2.05) is 13.0 Å². The molecule has 2 aromatic heterocycles. The number of H-pyrrole nitrogens is 2. The van der Waals surface area contributed by atoms with Gasteiger partial charge < -0.3 is 9.88 Å². The lowest BCUT2D eigenvalue weighted by molar-refractivity contribution is 0.0704. The fraction of sp³-hybridized carbons (Fsp3) is 0.438. The largest absolute Gasteiger partial charge is 0.338 e. The van der Waals surface area contributed by atoms with Crippen LogP contribution in [-0.2, 0) is 0 Å². The minimum Gasteiger partial charge on any atom is -0.338 e. The summed E-state index contributed by atoms with van der Waals surface area (Å²) in [6, 6.07) is 5.39. The molecule has 0 aliphatic carbocycles. The fourth-order valence-corrected chi connectivity index (χ4v) is 2.96. The molecule has 2 N–H and O–H groups in total. The van der Waals surface area contributed by atoms with Gasteiger partial charge in [-0.25, -0.2) is 0 Å². The fourth-order valence-electron chi connectivity index (χ4n) is 2.96. The molecule has 0 bridgehead atoms. The van der Waals surface area contributed by atoms with Crippen LogP contribution in [0.2, 0.25) is 0 Å². The number of carbonyl (C=O) groups is 1. The number of amides is 1. The molecular weight excluding hydrogens is 280 g/mol. The van der Waals surface area contributed by atoms with Crippen LogP contribution in [0.3, 0.4) is 0 Å². The van der Waals surface area contributed by atoms with Crippen molar-refractivity contribution in [3.63, 3.8) is 0 Å². The molecule has 0 saturated carbocycles. The zero-order chi connectivity index (χ0) is 15.7. The third-order valence-electron chi connectivity index (χ3n) is 4.14. The number of nitrogens with zero attached hydrogens (tertiary/aromatic N) is 2. The van der Waals surface area contributed by atoms with Crippen molar-refractivity contribution in [1.29, 1.82) is 0 Å². The molecule has 1 atom stereocenters. The average Bonchev–Trinajstić information content (AvgIpc) is 2.93. The molecule has 0 spiro atoms. The summed E-state index contributed by atoms with van der Waals surface area (Å²) in [6.07, 6.45) is 1.93. The molecule has 6 nitrogen and oxygen atoms in total. The number of aromatic nitrogens is 3. The third kappa shape index (κ3) is 2.81. The Morgan fingerprint density at radius 1 is 1.32 bits per heavy atom. The minimum atomic E-state index is -0.317. The van der Waals surface area contributed by atoms with Crippen LogP contribution in [0.1, 0.15) is 46.2 Å². The minimum absolute atomic E-state index is 0.196. The number of nitrogens with one attached hydrogen (secondary N) is 2. The van der Waals surface area contributed by atoms with Gasteiger partial charge >= 0.3 is 0 Å². The number of aryl methyl sites for hydroxylation is 2. The molecule has 0 radical (unpaired) electrons. The number of hydrogen-bond acceptors (Lipinski definition) is 3. The number of carbonyl (C=O) groups excluding carboxylic acids is 1. The molecule has 2 aromatic rings. The molecule has 1 aliphatic heterocycles. The van der Waals surface area contributed by atoms with Crippen molar-refractivity contribution >= 4 is 5.91 Å². The summed E-state index contributed by atoms with van der Waals surface area (Å²) >= 11 is 0. The molecule has 0 unspecified atom stereocenters. The van der Waals surface area contributed by atoms with Crippen molar-refractivity contribution in [2.24, 2.45) is 0 Å². The summed E-state index contributed by atoms with van der Waals surface area (Å²) < 4.78 is 0. The van der Waals surface area contributed by atoms with Crippen LogP contribution >= 0.6 is 0 Å². The quantitative estimate of drug-likeness (QED) is 0.886. The molecule has 116 valence electrons. The SMILES string of the molecule is Cc1cc([C@H]2CCCN(C(=O)c3ccc(C)[nH]c3=O)C2)n[nH]1. The van der Waals surface area contributed by atoms with E-state index < -0.39 is 0 Å². The molecule has 6 heteroatoms. The highest BCUT2D eigenvalue weighted by molar-refractivity contribution is 5.93. The standard InChI is InChI=1S/C16H20N4O2/c1-10-5-6-13(15(21)17-10)16(22)20-7-3-4-12(9-20)14-8-11(2)18-19-14/h5-6,8,12H,3-4,7,9H2,1-2H3,(H,17,21)(H,18,19)/t12-/m0/s1. The van der Waals surface area contributed by atoms with Gasteiger partial charge in [-0.15, -0.1) is 0 Å². The van der Waals surface area contributed by atoms with Gasteiger partial charge in [0.2, 0.25) is 0 Å². The van der Waals surface area contributed by atoms with Gasteiger partial charge in [0, 0.05) is 30.4 Å². The summed E-state index contributed by atoms with van der Waals surface area (Å²) in [5.41, 5.74) is 2.67. The molecule has 0 aromatic carbocycles. The Kier molecular flexibility index (Phi) is 3.83. The van der Waals surface area contributed by atoms with E-state index in [2.05, 4.69) is 15.2 Å². The van der Waals surface area contributed by atoms with E-state index in [-0.39, 0.29) is 22.9 Å². The number of aromatic amines is 2. The first-order chi connectivity index (χ1) is 10.5. The number of likely N-dealkylation sites (tertiary alicyclic amines) is 1. The molecule has 3 heterocycles. The lowest BCUT2D eigenvalue weighted by Gasteiger charge is -2.31. The van der Waals surface area contributed by atoms with Crippen LogP contribution in [0.15, 0.2) is 23.0 Å². The number of rotatable bonds is 2. The van der Waals surface area contributed by atoms with Gasteiger partial charge in [-0.1, -0.05) is 0 Å². The second kappa shape index (κ2) is 5.79. The van der Waals surface area contributed by atoms with E-state index in [4.69, 9.17) is 0 Å². The average molecular weight is 300 g/mol. The predicted molar refractivity (Wildman–Crippen MR) is 83.0 cm³/mol. The second-order valence-electron chi connectivity index (χ2n) is 5.95. The van der Waals surface area contributed by atoms with Gasteiger partial charge in [-0.2, -0.15) is 5.10 Å². The molecule has 1 aliphatic rings. The maximum Gasteiger partial charge on any atom is 0.260 e. The summed E-state index contributed by atoms with van der Waals surface area (Å²) in [5.74, 6) is 0.0328. The lowest BCUT2D eigenvalue weighted by Crippen LogP contribution is -2.41. The van der Waals surface area contributed by atoms with Crippen LogP contribution in [-0.4, -0.2) is 39.1 Å². The van der Waals surface area contributed by atoms with Crippen molar-refractivity contribution in [2.75, 3.05) is 13.1 Å². The Morgan fingerprint density at radius 3 is 2.82 bits per heavy atom. The zero-order valence-corrected chi connectivity index (χ0v) is 12.8. The first-order valence-corrected chi connectivity index (χ1v) is 7.55. The van der Waals surface area contributed by atoms with Gasteiger partial charge in [-0.3, -0.25) is 14.7 Å². The van der Waals surface area contributed by atoms with Crippen LogP contribution in [0, 0.1) is 13.8 Å². The van der Waals surface area contributed by atoms with E-state index >= 15 is 0 Å². The highest BCUT2D eigenvalue weighted by atomic mass is 16.2. The monoisotopic (exact) mass is 300 g/mol. The first kappa shape index (κ1) is 14.6. The Hall–Kier alpha value is -2.37. The normalized spacial score (nSPS) is 18.5. The van der Waals surface area contributed by atoms with Crippen molar-refractivity contribution in [1.82, 2.24) is 20.1 Å². The van der Waals surface area contributed by atoms with Gasteiger partial charge in [0.25, 0.3) is 11.5 Å². The van der Waals surface area contributed by atoms with E-state index in [9.17, 15) is 9.59 Å². The highest BCUT2D eigenvalue weighted by Crippen LogP contribution is 2.26. The highest BCUT2D eigenvalue weighted by Gasteiger charge is 2.27. The zero-order valence-electron chi connectivity index (χ0n) is 12.8. The summed E-state index contributed by atoms with van der Waals surface area (Å²) in [5, 5.41) is 7.25. The maximum atomic E-state index is 12.6. The van der Waals surface area contributed by atoms with E-state index in [1.54, 1.807) is 24.0 Å².